The summed E-state index contributed by atoms with van der Waals surface area (Å²) in [6, 6.07) is -0.0150. The summed E-state index contributed by atoms with van der Waals surface area (Å²) in [7, 11) is 4.19. The van der Waals surface area contributed by atoms with Crippen LogP contribution in [0.5, 0.6) is 0 Å². The van der Waals surface area contributed by atoms with E-state index in [1.54, 1.807) is 4.90 Å². The molecule has 0 aromatic heterocycles. The average molecular weight is 282 g/mol. The normalized spacial score (nSPS) is 29.6. The molecule has 20 heavy (non-hydrogen) atoms. The van der Waals surface area contributed by atoms with E-state index in [0.29, 0.717) is 12.6 Å². The van der Waals surface area contributed by atoms with Gasteiger partial charge in [0.2, 0.25) is 11.8 Å². The molecule has 2 fully saturated rings. The number of likely N-dealkylation sites (N-methyl/N-ethyl adjacent to an activating group) is 2. The van der Waals surface area contributed by atoms with Gasteiger partial charge in [0.25, 0.3) is 0 Å². The second kappa shape index (κ2) is 6.54. The number of amides is 2. The molecule has 6 nitrogen and oxygen atoms in total. The zero-order valence-corrected chi connectivity index (χ0v) is 12.8. The van der Waals surface area contributed by atoms with Gasteiger partial charge >= 0.3 is 0 Å². The van der Waals surface area contributed by atoms with E-state index in [1.807, 2.05) is 6.92 Å². The maximum absolute atomic E-state index is 12.4. The van der Waals surface area contributed by atoms with E-state index < -0.39 is 0 Å². The third-order valence-corrected chi connectivity index (χ3v) is 4.27. The van der Waals surface area contributed by atoms with Crippen LogP contribution in [0.1, 0.15) is 19.8 Å². The van der Waals surface area contributed by atoms with E-state index in [-0.39, 0.29) is 24.4 Å². The molecule has 0 aromatic carbocycles. The Bertz CT molecular complexity index is 374. The van der Waals surface area contributed by atoms with Crippen LogP contribution in [0, 0.1) is 0 Å². The molecule has 0 spiro atoms. The van der Waals surface area contributed by atoms with Crippen LogP contribution in [-0.2, 0) is 9.59 Å². The highest BCUT2D eigenvalue weighted by Gasteiger charge is 2.34. The van der Waals surface area contributed by atoms with Crippen molar-refractivity contribution in [2.24, 2.45) is 0 Å². The molecular formula is C14H26N4O2. The van der Waals surface area contributed by atoms with Gasteiger partial charge in [0.1, 0.15) is 6.04 Å². The average Bonchev–Trinajstić information content (AvgIpc) is 2.39. The lowest BCUT2D eigenvalue weighted by Crippen LogP contribution is -2.62. The van der Waals surface area contributed by atoms with E-state index in [9.17, 15) is 9.59 Å². The molecule has 2 rings (SSSR count). The highest BCUT2D eigenvalue weighted by atomic mass is 16.2. The van der Waals surface area contributed by atoms with Crippen LogP contribution in [0.25, 0.3) is 0 Å². The Morgan fingerprint density at radius 3 is 2.70 bits per heavy atom. The van der Waals surface area contributed by atoms with Crippen molar-refractivity contribution in [2.45, 2.75) is 31.8 Å². The molecule has 1 N–H and O–H groups in total. The standard InChI is InChI=1S/C14H26N4O2/c1-4-5-12-14(20)18(10-13(19)15-12)9-11-8-16(2)6-7-17(11)3/h11-12H,4-10H2,1-3H3,(H,15,19). The lowest BCUT2D eigenvalue weighted by molar-refractivity contribution is -0.145. The first kappa shape index (κ1) is 15.3. The monoisotopic (exact) mass is 282 g/mol. The van der Waals surface area contributed by atoms with Gasteiger partial charge in [-0.25, -0.2) is 0 Å². The number of nitrogens with one attached hydrogen (secondary N) is 1. The Hall–Kier alpha value is -1.14. The Balaban J connectivity index is 1.99. The van der Waals surface area contributed by atoms with Crippen LogP contribution in [0.4, 0.5) is 0 Å². The Morgan fingerprint density at radius 1 is 1.25 bits per heavy atom. The smallest absolute Gasteiger partial charge is 0.245 e. The molecule has 6 heteroatoms. The highest BCUT2D eigenvalue weighted by Crippen LogP contribution is 2.12. The van der Waals surface area contributed by atoms with E-state index in [4.69, 9.17) is 0 Å². The molecule has 2 saturated heterocycles. The number of piperazine rings is 2. The molecule has 0 aromatic rings. The molecule has 0 aliphatic carbocycles. The van der Waals surface area contributed by atoms with E-state index in [1.165, 1.54) is 0 Å². The fourth-order valence-electron chi connectivity index (χ4n) is 2.97. The predicted octanol–water partition coefficient (Wildman–Crippen LogP) is -0.641. The summed E-state index contributed by atoms with van der Waals surface area (Å²) in [4.78, 5) is 30.5. The number of hydrogen-bond donors (Lipinski definition) is 1. The lowest BCUT2D eigenvalue weighted by Gasteiger charge is -2.41. The van der Waals surface area contributed by atoms with Crippen molar-refractivity contribution < 1.29 is 9.59 Å². The third kappa shape index (κ3) is 3.49. The van der Waals surface area contributed by atoms with Crippen molar-refractivity contribution in [2.75, 3.05) is 46.8 Å². The molecule has 2 heterocycles. The van der Waals surface area contributed by atoms with Crippen molar-refractivity contribution in [1.29, 1.82) is 0 Å². The number of hydrogen-bond acceptors (Lipinski definition) is 4. The van der Waals surface area contributed by atoms with Gasteiger partial charge in [0.05, 0.1) is 6.54 Å². The summed E-state index contributed by atoms with van der Waals surface area (Å²) < 4.78 is 0. The fraction of sp³-hybridized carbons (Fsp3) is 0.857. The third-order valence-electron chi connectivity index (χ3n) is 4.27. The quantitative estimate of drug-likeness (QED) is 0.745. The van der Waals surface area contributed by atoms with Crippen molar-refractivity contribution in [3.8, 4) is 0 Å². The summed E-state index contributed by atoms with van der Waals surface area (Å²) in [5.41, 5.74) is 0. The molecule has 2 atom stereocenters. The van der Waals surface area contributed by atoms with Crippen LogP contribution in [-0.4, -0.2) is 85.4 Å². The van der Waals surface area contributed by atoms with E-state index >= 15 is 0 Å². The molecule has 2 aliphatic heterocycles. The van der Waals surface area contributed by atoms with Crippen LogP contribution in [0.15, 0.2) is 0 Å². The molecule has 2 amide bonds. The van der Waals surface area contributed by atoms with Gasteiger partial charge < -0.3 is 15.1 Å². The number of rotatable bonds is 4. The summed E-state index contributed by atoms with van der Waals surface area (Å²) >= 11 is 0. The second-order valence-electron chi connectivity index (χ2n) is 6.02. The zero-order valence-electron chi connectivity index (χ0n) is 12.8. The van der Waals surface area contributed by atoms with Gasteiger partial charge in [-0.15, -0.1) is 0 Å². The van der Waals surface area contributed by atoms with Gasteiger partial charge in [-0.1, -0.05) is 13.3 Å². The van der Waals surface area contributed by atoms with Crippen molar-refractivity contribution in [1.82, 2.24) is 20.0 Å². The first-order chi connectivity index (χ1) is 9.51. The molecule has 0 bridgehead atoms. The van der Waals surface area contributed by atoms with Crippen molar-refractivity contribution in [3.05, 3.63) is 0 Å². The Morgan fingerprint density at radius 2 is 2.00 bits per heavy atom. The minimum absolute atomic E-state index is 0.0325. The number of nitrogens with zero attached hydrogens (tertiary/aromatic N) is 3. The number of carbonyl (C=O) groups excluding carboxylic acids is 2. The fourth-order valence-corrected chi connectivity index (χ4v) is 2.97. The van der Waals surface area contributed by atoms with Crippen LogP contribution in [0.3, 0.4) is 0 Å². The summed E-state index contributed by atoms with van der Waals surface area (Å²) in [5.74, 6) is 0.0444. The highest BCUT2D eigenvalue weighted by molar-refractivity contribution is 5.94. The maximum atomic E-state index is 12.4. The topological polar surface area (TPSA) is 55.9 Å². The molecule has 0 saturated carbocycles. The van der Waals surface area contributed by atoms with Crippen LogP contribution < -0.4 is 5.32 Å². The van der Waals surface area contributed by atoms with Gasteiger partial charge in [0.15, 0.2) is 0 Å². The predicted molar refractivity (Wildman–Crippen MR) is 77.3 cm³/mol. The van der Waals surface area contributed by atoms with Crippen LogP contribution >= 0.6 is 0 Å². The van der Waals surface area contributed by atoms with Gasteiger partial charge in [-0.2, -0.15) is 0 Å². The van der Waals surface area contributed by atoms with Crippen molar-refractivity contribution >= 4 is 11.8 Å². The van der Waals surface area contributed by atoms with Crippen molar-refractivity contribution in [3.63, 3.8) is 0 Å². The largest absolute Gasteiger partial charge is 0.343 e. The molecular weight excluding hydrogens is 256 g/mol. The maximum Gasteiger partial charge on any atom is 0.245 e. The summed E-state index contributed by atoms with van der Waals surface area (Å²) in [6.45, 7) is 5.89. The lowest BCUT2D eigenvalue weighted by atomic mass is 10.1. The summed E-state index contributed by atoms with van der Waals surface area (Å²) in [6.07, 6.45) is 1.62. The summed E-state index contributed by atoms with van der Waals surface area (Å²) in [5, 5.41) is 2.80. The van der Waals surface area contributed by atoms with Gasteiger partial charge in [-0.3, -0.25) is 14.5 Å². The van der Waals surface area contributed by atoms with Crippen LogP contribution in [0.2, 0.25) is 0 Å². The SMILES string of the molecule is CCCC1NC(=O)CN(CC2CN(C)CCN2C)C1=O. The first-order valence-corrected chi connectivity index (χ1v) is 7.48. The van der Waals surface area contributed by atoms with Gasteiger partial charge in [0, 0.05) is 32.2 Å². The number of carbonyl (C=O) groups is 2. The van der Waals surface area contributed by atoms with E-state index in [0.717, 1.165) is 32.5 Å². The van der Waals surface area contributed by atoms with E-state index in [2.05, 4.69) is 29.2 Å². The molecule has 0 radical (unpaired) electrons. The molecule has 2 unspecified atom stereocenters. The molecule has 2 aliphatic rings. The second-order valence-corrected chi connectivity index (χ2v) is 6.02. The Labute approximate surface area is 121 Å². The minimum atomic E-state index is -0.326. The van der Waals surface area contributed by atoms with Gasteiger partial charge in [-0.05, 0) is 20.5 Å². The molecule has 114 valence electrons. The first-order valence-electron chi connectivity index (χ1n) is 7.48. The minimum Gasteiger partial charge on any atom is -0.343 e. The Kier molecular flexibility index (Phi) is 4.99. The zero-order chi connectivity index (χ0) is 14.7.